The minimum Gasteiger partial charge on any atom is -0.457 e. The van der Waals surface area contributed by atoms with E-state index in [0.29, 0.717) is 17.1 Å². The zero-order valence-corrected chi connectivity index (χ0v) is 11.6. The number of ether oxygens (including phenoxy) is 1. The standard InChI is InChI=1S/C15H15FO2S/c1-10(17)14-9-11(16)3-8-15(14)18-12-4-6-13(19-2)7-5-12/h3-10,17H,1-2H3/t10-/m1/s1. The van der Waals surface area contributed by atoms with Crippen LogP contribution in [0.3, 0.4) is 0 Å². The van der Waals surface area contributed by atoms with E-state index in [-0.39, 0.29) is 5.82 Å². The van der Waals surface area contributed by atoms with Crippen LogP contribution in [0.25, 0.3) is 0 Å². The van der Waals surface area contributed by atoms with Crippen molar-refractivity contribution < 1.29 is 14.2 Å². The number of rotatable bonds is 4. The van der Waals surface area contributed by atoms with Gasteiger partial charge < -0.3 is 9.84 Å². The fourth-order valence-electron chi connectivity index (χ4n) is 1.71. The molecule has 2 rings (SSSR count). The van der Waals surface area contributed by atoms with Crippen molar-refractivity contribution in [1.29, 1.82) is 0 Å². The fourth-order valence-corrected chi connectivity index (χ4v) is 2.12. The summed E-state index contributed by atoms with van der Waals surface area (Å²) >= 11 is 1.65. The van der Waals surface area contributed by atoms with Crippen LogP contribution in [0.15, 0.2) is 47.4 Å². The van der Waals surface area contributed by atoms with Gasteiger partial charge in [0.15, 0.2) is 0 Å². The van der Waals surface area contributed by atoms with E-state index in [9.17, 15) is 9.50 Å². The van der Waals surface area contributed by atoms with Crippen molar-refractivity contribution >= 4 is 11.8 Å². The Kier molecular flexibility index (Phi) is 4.45. The normalized spacial score (nSPS) is 12.2. The first-order chi connectivity index (χ1) is 9.10. The van der Waals surface area contributed by atoms with Gasteiger partial charge >= 0.3 is 0 Å². The van der Waals surface area contributed by atoms with E-state index in [1.807, 2.05) is 30.5 Å². The highest BCUT2D eigenvalue weighted by molar-refractivity contribution is 7.98. The molecule has 0 spiro atoms. The molecule has 4 heteroatoms. The van der Waals surface area contributed by atoms with Gasteiger partial charge in [-0.1, -0.05) is 0 Å². The minimum absolute atomic E-state index is 0.388. The molecule has 2 aromatic carbocycles. The van der Waals surface area contributed by atoms with E-state index in [1.165, 1.54) is 18.2 Å². The van der Waals surface area contributed by atoms with Gasteiger partial charge in [0.2, 0.25) is 0 Å². The van der Waals surface area contributed by atoms with Crippen LogP contribution in [0.4, 0.5) is 4.39 Å². The SMILES string of the molecule is CSc1ccc(Oc2ccc(F)cc2[C@@H](C)O)cc1. The molecule has 0 radical (unpaired) electrons. The molecule has 0 amide bonds. The fraction of sp³-hybridized carbons (Fsp3) is 0.200. The Labute approximate surface area is 116 Å². The summed E-state index contributed by atoms with van der Waals surface area (Å²) in [5.74, 6) is 0.737. The van der Waals surface area contributed by atoms with Gasteiger partial charge in [-0.2, -0.15) is 0 Å². The summed E-state index contributed by atoms with van der Waals surface area (Å²) < 4.78 is 18.9. The van der Waals surface area contributed by atoms with Crippen molar-refractivity contribution in [3.8, 4) is 11.5 Å². The maximum Gasteiger partial charge on any atom is 0.133 e. The molecule has 100 valence electrons. The molecule has 0 aliphatic heterocycles. The van der Waals surface area contributed by atoms with E-state index < -0.39 is 6.10 Å². The van der Waals surface area contributed by atoms with Gasteiger partial charge in [-0.05, 0) is 55.6 Å². The molecule has 19 heavy (non-hydrogen) atoms. The van der Waals surface area contributed by atoms with Gasteiger partial charge in [0.05, 0.1) is 6.10 Å². The highest BCUT2D eigenvalue weighted by Gasteiger charge is 2.11. The zero-order valence-electron chi connectivity index (χ0n) is 10.8. The van der Waals surface area contributed by atoms with Crippen molar-refractivity contribution in [2.45, 2.75) is 17.9 Å². The summed E-state index contributed by atoms with van der Waals surface area (Å²) in [5, 5.41) is 9.64. The smallest absolute Gasteiger partial charge is 0.133 e. The Morgan fingerprint density at radius 3 is 2.42 bits per heavy atom. The van der Waals surface area contributed by atoms with Gasteiger partial charge in [-0.15, -0.1) is 11.8 Å². The van der Waals surface area contributed by atoms with Crippen LogP contribution in [0.1, 0.15) is 18.6 Å². The molecule has 0 saturated carbocycles. The summed E-state index contributed by atoms with van der Waals surface area (Å²) in [6.07, 6.45) is 1.22. The molecule has 0 fully saturated rings. The molecule has 0 heterocycles. The second kappa shape index (κ2) is 6.08. The summed E-state index contributed by atoms with van der Waals surface area (Å²) in [6, 6.07) is 11.7. The van der Waals surface area contributed by atoms with Crippen molar-refractivity contribution in [3.63, 3.8) is 0 Å². The molecule has 0 aliphatic carbocycles. The van der Waals surface area contributed by atoms with Crippen LogP contribution < -0.4 is 4.74 Å². The largest absolute Gasteiger partial charge is 0.457 e. The number of hydrogen-bond donors (Lipinski definition) is 1. The predicted molar refractivity (Wildman–Crippen MR) is 75.3 cm³/mol. The van der Waals surface area contributed by atoms with Crippen LogP contribution in [-0.2, 0) is 0 Å². The van der Waals surface area contributed by atoms with E-state index in [1.54, 1.807) is 18.7 Å². The average Bonchev–Trinajstić information content (AvgIpc) is 2.41. The number of aliphatic hydroxyl groups excluding tert-OH is 1. The second-order valence-corrected chi connectivity index (χ2v) is 5.02. The van der Waals surface area contributed by atoms with Gasteiger partial charge in [0, 0.05) is 10.5 Å². The van der Waals surface area contributed by atoms with Crippen LogP contribution in [0.2, 0.25) is 0 Å². The third-order valence-corrected chi connectivity index (χ3v) is 3.45. The van der Waals surface area contributed by atoms with E-state index in [0.717, 1.165) is 4.90 Å². The number of benzene rings is 2. The topological polar surface area (TPSA) is 29.5 Å². The Bertz CT molecular complexity index is 553. The maximum atomic E-state index is 13.2. The van der Waals surface area contributed by atoms with Gasteiger partial charge in [0.25, 0.3) is 0 Å². The molecular weight excluding hydrogens is 263 g/mol. The lowest BCUT2D eigenvalue weighted by atomic mass is 10.1. The molecule has 0 unspecified atom stereocenters. The number of hydrogen-bond acceptors (Lipinski definition) is 3. The number of aliphatic hydroxyl groups is 1. The average molecular weight is 278 g/mol. The van der Waals surface area contributed by atoms with E-state index in [4.69, 9.17) is 4.74 Å². The first-order valence-electron chi connectivity index (χ1n) is 5.89. The molecule has 0 bridgehead atoms. The van der Waals surface area contributed by atoms with Crippen LogP contribution in [0.5, 0.6) is 11.5 Å². The summed E-state index contributed by atoms with van der Waals surface area (Å²) in [7, 11) is 0. The molecule has 2 aromatic rings. The van der Waals surface area contributed by atoms with Gasteiger partial charge in [-0.25, -0.2) is 4.39 Å². The maximum absolute atomic E-state index is 13.2. The molecule has 2 nitrogen and oxygen atoms in total. The molecule has 1 N–H and O–H groups in total. The molecule has 0 aromatic heterocycles. The Morgan fingerprint density at radius 2 is 1.84 bits per heavy atom. The number of halogens is 1. The van der Waals surface area contributed by atoms with Gasteiger partial charge in [0.1, 0.15) is 17.3 Å². The third-order valence-electron chi connectivity index (χ3n) is 2.71. The van der Waals surface area contributed by atoms with Gasteiger partial charge in [-0.3, -0.25) is 0 Å². The predicted octanol–water partition coefficient (Wildman–Crippen LogP) is 4.39. The third kappa shape index (κ3) is 3.49. The second-order valence-electron chi connectivity index (χ2n) is 4.14. The lowest BCUT2D eigenvalue weighted by Crippen LogP contribution is -1.97. The lowest BCUT2D eigenvalue weighted by Gasteiger charge is -2.13. The first kappa shape index (κ1) is 13.9. The Hall–Kier alpha value is -1.52. The molecule has 0 saturated heterocycles. The quantitative estimate of drug-likeness (QED) is 0.841. The minimum atomic E-state index is -0.781. The highest BCUT2D eigenvalue weighted by atomic mass is 32.2. The van der Waals surface area contributed by atoms with E-state index in [2.05, 4.69) is 0 Å². The Balaban J connectivity index is 2.26. The summed E-state index contributed by atoms with van der Waals surface area (Å²) in [6.45, 7) is 1.58. The van der Waals surface area contributed by atoms with Crippen molar-refractivity contribution in [2.75, 3.05) is 6.26 Å². The van der Waals surface area contributed by atoms with E-state index >= 15 is 0 Å². The molecular formula is C15H15FO2S. The van der Waals surface area contributed by atoms with Crippen molar-refractivity contribution in [1.82, 2.24) is 0 Å². The van der Waals surface area contributed by atoms with Crippen molar-refractivity contribution in [3.05, 3.63) is 53.8 Å². The Morgan fingerprint density at radius 1 is 1.16 bits per heavy atom. The highest BCUT2D eigenvalue weighted by Crippen LogP contribution is 2.31. The van der Waals surface area contributed by atoms with Crippen LogP contribution in [0, 0.1) is 5.82 Å². The van der Waals surface area contributed by atoms with Crippen molar-refractivity contribution in [2.24, 2.45) is 0 Å². The summed E-state index contributed by atoms with van der Waals surface area (Å²) in [4.78, 5) is 1.14. The van der Waals surface area contributed by atoms with Crippen LogP contribution in [-0.4, -0.2) is 11.4 Å². The molecule has 0 aliphatic rings. The first-order valence-corrected chi connectivity index (χ1v) is 7.12. The monoisotopic (exact) mass is 278 g/mol. The van der Waals surface area contributed by atoms with Crippen LogP contribution >= 0.6 is 11.8 Å². The number of thioether (sulfide) groups is 1. The lowest BCUT2D eigenvalue weighted by molar-refractivity contribution is 0.195. The molecule has 1 atom stereocenters. The zero-order chi connectivity index (χ0) is 13.8. The summed E-state index contributed by atoms with van der Waals surface area (Å²) in [5.41, 5.74) is 0.439.